The molecule has 1 rings (SSSR count). The van der Waals surface area contributed by atoms with Crippen LogP contribution in [0.3, 0.4) is 0 Å². The Morgan fingerprint density at radius 1 is 1.53 bits per heavy atom. The molecule has 0 atom stereocenters. The molecule has 1 amide bonds. The van der Waals surface area contributed by atoms with E-state index in [2.05, 4.69) is 4.98 Å². The Kier molecular flexibility index (Phi) is 4.21. The molecule has 0 spiro atoms. The minimum absolute atomic E-state index is 0.0243. The summed E-state index contributed by atoms with van der Waals surface area (Å²) in [5.74, 6) is -0.349. The second-order valence-corrected chi connectivity index (χ2v) is 4.87. The van der Waals surface area contributed by atoms with Crippen LogP contribution >= 0.6 is 0 Å². The first-order valence-electron chi connectivity index (χ1n) is 5.72. The van der Waals surface area contributed by atoms with E-state index >= 15 is 0 Å². The van der Waals surface area contributed by atoms with Gasteiger partial charge in [-0.2, -0.15) is 0 Å². The van der Waals surface area contributed by atoms with Gasteiger partial charge in [-0.05, 0) is 12.5 Å². The third-order valence-corrected chi connectivity index (χ3v) is 3.07. The molecule has 3 nitrogen and oxygen atoms in total. The minimum atomic E-state index is -0.405. The van der Waals surface area contributed by atoms with Crippen molar-refractivity contribution in [1.29, 1.82) is 0 Å². The van der Waals surface area contributed by atoms with Crippen molar-refractivity contribution in [2.24, 2.45) is 5.41 Å². The second kappa shape index (κ2) is 5.25. The summed E-state index contributed by atoms with van der Waals surface area (Å²) in [6.45, 7) is 6.04. The Morgan fingerprint density at radius 3 is 2.71 bits per heavy atom. The molecule has 0 aliphatic carbocycles. The lowest BCUT2D eigenvalue weighted by Gasteiger charge is -2.28. The van der Waals surface area contributed by atoms with Crippen LogP contribution < -0.4 is 0 Å². The van der Waals surface area contributed by atoms with E-state index in [0.717, 1.165) is 6.42 Å². The molecule has 0 saturated heterocycles. The lowest BCUT2D eigenvalue weighted by Crippen LogP contribution is -2.37. The summed E-state index contributed by atoms with van der Waals surface area (Å²) in [6.07, 6.45) is 3.45. The summed E-state index contributed by atoms with van der Waals surface area (Å²) < 4.78 is 13.4. The minimum Gasteiger partial charge on any atom is -0.341 e. The van der Waals surface area contributed by atoms with Crippen LogP contribution in [-0.2, 0) is 11.3 Å². The number of nitrogens with zero attached hydrogens (tertiary/aromatic N) is 2. The van der Waals surface area contributed by atoms with Gasteiger partial charge in [-0.25, -0.2) is 4.39 Å². The highest BCUT2D eigenvalue weighted by atomic mass is 19.1. The molecule has 0 fully saturated rings. The molecule has 17 heavy (non-hydrogen) atoms. The molecule has 0 saturated carbocycles. The number of hydrogen-bond donors (Lipinski definition) is 0. The maximum atomic E-state index is 13.4. The molecular weight excluding hydrogens is 219 g/mol. The van der Waals surface area contributed by atoms with E-state index in [1.807, 2.05) is 20.8 Å². The van der Waals surface area contributed by atoms with Crippen molar-refractivity contribution in [3.8, 4) is 0 Å². The van der Waals surface area contributed by atoms with Gasteiger partial charge in [-0.15, -0.1) is 0 Å². The van der Waals surface area contributed by atoms with Crippen LogP contribution in [-0.4, -0.2) is 22.8 Å². The molecule has 0 aromatic carbocycles. The van der Waals surface area contributed by atoms with Crippen LogP contribution in [0, 0.1) is 11.2 Å². The number of halogens is 1. The van der Waals surface area contributed by atoms with Crippen LogP contribution in [0.4, 0.5) is 4.39 Å². The zero-order chi connectivity index (χ0) is 13.1. The van der Waals surface area contributed by atoms with Crippen molar-refractivity contribution < 1.29 is 9.18 Å². The average Bonchev–Trinajstić information content (AvgIpc) is 2.31. The van der Waals surface area contributed by atoms with Crippen molar-refractivity contribution in [1.82, 2.24) is 9.88 Å². The van der Waals surface area contributed by atoms with Crippen LogP contribution in [0.1, 0.15) is 32.8 Å². The van der Waals surface area contributed by atoms with Crippen molar-refractivity contribution in [2.75, 3.05) is 7.05 Å². The van der Waals surface area contributed by atoms with Gasteiger partial charge < -0.3 is 4.90 Å². The Balaban J connectivity index is 2.77. The van der Waals surface area contributed by atoms with Crippen molar-refractivity contribution in [3.63, 3.8) is 0 Å². The Morgan fingerprint density at radius 2 is 2.18 bits per heavy atom. The molecular formula is C13H19FN2O. The molecule has 1 aromatic rings. The van der Waals surface area contributed by atoms with Crippen LogP contribution in [0.25, 0.3) is 0 Å². The average molecular weight is 238 g/mol. The van der Waals surface area contributed by atoms with Gasteiger partial charge in [-0.3, -0.25) is 9.78 Å². The quantitative estimate of drug-likeness (QED) is 0.807. The maximum absolute atomic E-state index is 13.4. The lowest BCUT2D eigenvalue weighted by molar-refractivity contribution is -0.139. The van der Waals surface area contributed by atoms with Gasteiger partial charge in [-0.1, -0.05) is 20.8 Å². The van der Waals surface area contributed by atoms with E-state index in [-0.39, 0.29) is 18.3 Å². The fraction of sp³-hybridized carbons (Fsp3) is 0.538. The monoisotopic (exact) mass is 238 g/mol. The van der Waals surface area contributed by atoms with Gasteiger partial charge in [0, 0.05) is 30.8 Å². The predicted octanol–water partition coefficient (Wildman–Crippen LogP) is 2.62. The highest BCUT2D eigenvalue weighted by Gasteiger charge is 2.28. The van der Waals surface area contributed by atoms with E-state index in [1.54, 1.807) is 18.0 Å². The molecule has 0 radical (unpaired) electrons. The summed E-state index contributed by atoms with van der Waals surface area (Å²) in [4.78, 5) is 17.3. The first-order chi connectivity index (χ1) is 7.88. The second-order valence-electron chi connectivity index (χ2n) is 4.87. The highest BCUT2D eigenvalue weighted by Crippen LogP contribution is 2.23. The summed E-state index contributed by atoms with van der Waals surface area (Å²) >= 11 is 0. The first kappa shape index (κ1) is 13.6. The summed E-state index contributed by atoms with van der Waals surface area (Å²) in [7, 11) is 1.69. The molecule has 94 valence electrons. The molecule has 0 unspecified atom stereocenters. The summed E-state index contributed by atoms with van der Waals surface area (Å²) in [6, 6.07) is 1.60. The van der Waals surface area contributed by atoms with Gasteiger partial charge in [0.15, 0.2) is 0 Å². The van der Waals surface area contributed by atoms with Crippen molar-refractivity contribution in [3.05, 3.63) is 29.8 Å². The van der Waals surface area contributed by atoms with Gasteiger partial charge in [0.05, 0.1) is 6.20 Å². The van der Waals surface area contributed by atoms with E-state index < -0.39 is 5.41 Å². The Hall–Kier alpha value is -1.45. The topological polar surface area (TPSA) is 33.2 Å². The standard InChI is InChI=1S/C13H19FN2O/c1-5-13(2,3)12(17)16(4)9-10-6-7-15-8-11(10)14/h6-8H,5,9H2,1-4H3. The normalized spacial score (nSPS) is 11.4. The number of hydrogen-bond acceptors (Lipinski definition) is 2. The third kappa shape index (κ3) is 3.25. The van der Waals surface area contributed by atoms with Gasteiger partial charge in [0.1, 0.15) is 5.82 Å². The van der Waals surface area contributed by atoms with Crippen molar-refractivity contribution >= 4 is 5.91 Å². The highest BCUT2D eigenvalue weighted by molar-refractivity contribution is 5.81. The number of carbonyl (C=O) groups excluding carboxylic acids is 1. The summed E-state index contributed by atoms with van der Waals surface area (Å²) in [5.41, 5.74) is 0.0842. The lowest BCUT2D eigenvalue weighted by atomic mass is 9.88. The molecule has 4 heteroatoms. The molecule has 1 aromatic heterocycles. The van der Waals surface area contributed by atoms with Crippen molar-refractivity contribution in [2.45, 2.75) is 33.7 Å². The number of amides is 1. The number of rotatable bonds is 4. The first-order valence-corrected chi connectivity index (χ1v) is 5.72. The third-order valence-electron chi connectivity index (χ3n) is 3.07. The van der Waals surface area contributed by atoms with Gasteiger partial charge in [0.25, 0.3) is 0 Å². The number of pyridine rings is 1. The molecule has 0 aliphatic rings. The molecule has 0 bridgehead atoms. The largest absolute Gasteiger partial charge is 0.341 e. The van der Waals surface area contributed by atoms with Crippen LogP contribution in [0.2, 0.25) is 0 Å². The molecule has 0 aliphatic heterocycles. The fourth-order valence-corrected chi connectivity index (χ4v) is 1.53. The SMILES string of the molecule is CCC(C)(C)C(=O)N(C)Cc1ccncc1F. The molecule has 0 N–H and O–H groups in total. The van der Waals surface area contributed by atoms with E-state index in [4.69, 9.17) is 0 Å². The fourth-order valence-electron chi connectivity index (χ4n) is 1.53. The van der Waals surface area contributed by atoms with Gasteiger partial charge in [0.2, 0.25) is 5.91 Å². The summed E-state index contributed by atoms with van der Waals surface area (Å²) in [5, 5.41) is 0. The van der Waals surface area contributed by atoms with E-state index in [9.17, 15) is 9.18 Å². The van der Waals surface area contributed by atoms with Gasteiger partial charge >= 0.3 is 0 Å². The van der Waals surface area contributed by atoms with E-state index in [0.29, 0.717) is 5.56 Å². The van der Waals surface area contributed by atoms with Crippen LogP contribution in [0.15, 0.2) is 18.5 Å². The molecule has 1 heterocycles. The maximum Gasteiger partial charge on any atom is 0.228 e. The van der Waals surface area contributed by atoms with Crippen LogP contribution in [0.5, 0.6) is 0 Å². The number of carbonyl (C=O) groups is 1. The number of aromatic nitrogens is 1. The van der Waals surface area contributed by atoms with E-state index in [1.165, 1.54) is 12.4 Å². The predicted molar refractivity (Wildman–Crippen MR) is 64.7 cm³/mol. The Bertz CT molecular complexity index is 404. The zero-order valence-corrected chi connectivity index (χ0v) is 10.8. The zero-order valence-electron chi connectivity index (χ0n) is 10.8. The smallest absolute Gasteiger partial charge is 0.228 e. The Labute approximate surface area is 102 Å².